The lowest BCUT2D eigenvalue weighted by atomic mass is 10.3. The van der Waals surface area contributed by atoms with Gasteiger partial charge in [-0.3, -0.25) is 0 Å². The average molecular weight is 143 g/mol. The summed E-state index contributed by atoms with van der Waals surface area (Å²) in [4.78, 5) is 0. The van der Waals surface area contributed by atoms with Gasteiger partial charge < -0.3 is 11.5 Å². The molecule has 1 aromatic rings. The van der Waals surface area contributed by atoms with Gasteiger partial charge in [0.05, 0.1) is 10.7 Å². The smallest absolute Gasteiger partial charge is 0.0655 e. The molecule has 0 aromatic heterocycles. The highest BCUT2D eigenvalue weighted by Gasteiger charge is 1.92. The summed E-state index contributed by atoms with van der Waals surface area (Å²) in [6, 6.07) is 5.01. The van der Waals surface area contributed by atoms with Crippen LogP contribution in [0.1, 0.15) is 0 Å². The molecule has 2 nitrogen and oxygen atoms in total. The highest BCUT2D eigenvalue weighted by Crippen LogP contribution is 2.20. The van der Waals surface area contributed by atoms with Gasteiger partial charge in [-0.15, -0.1) is 0 Å². The van der Waals surface area contributed by atoms with Crippen LogP contribution in [-0.2, 0) is 0 Å². The highest BCUT2D eigenvalue weighted by molar-refractivity contribution is 6.33. The Bertz CT molecular complexity index is 222. The second kappa shape index (κ2) is 2.15. The van der Waals surface area contributed by atoms with E-state index in [1.165, 1.54) is 0 Å². The summed E-state index contributed by atoms with van der Waals surface area (Å²) in [5, 5.41) is 0.509. The van der Waals surface area contributed by atoms with E-state index in [0.29, 0.717) is 16.4 Å². The zero-order valence-electron chi connectivity index (χ0n) is 4.76. The zero-order chi connectivity index (χ0) is 6.85. The molecule has 0 bridgehead atoms. The average Bonchev–Trinajstić information content (AvgIpc) is 1.80. The number of nitrogen functional groups attached to an aromatic ring is 2. The topological polar surface area (TPSA) is 52.0 Å². The van der Waals surface area contributed by atoms with E-state index < -0.39 is 0 Å². The minimum absolute atomic E-state index is 0.509. The lowest BCUT2D eigenvalue weighted by Crippen LogP contribution is -1.88. The standard InChI is InChI=1S/C6H7ClN2/c7-5-3-4(8)1-2-6(5)9/h1-3H,8-9H2. The Hall–Kier alpha value is -0.890. The van der Waals surface area contributed by atoms with Crippen molar-refractivity contribution >= 4 is 23.0 Å². The Labute approximate surface area is 58.4 Å². The lowest BCUT2D eigenvalue weighted by Gasteiger charge is -1.96. The molecule has 0 radical (unpaired) electrons. The van der Waals surface area contributed by atoms with Crippen molar-refractivity contribution in [2.45, 2.75) is 0 Å². The van der Waals surface area contributed by atoms with Gasteiger partial charge in [0.1, 0.15) is 0 Å². The molecule has 0 aliphatic carbocycles. The first-order valence-electron chi connectivity index (χ1n) is 2.50. The first kappa shape index (κ1) is 6.23. The van der Waals surface area contributed by atoms with Gasteiger partial charge in [-0.1, -0.05) is 11.6 Å². The summed E-state index contributed by atoms with van der Waals surface area (Å²) in [5.41, 5.74) is 12.0. The van der Waals surface area contributed by atoms with E-state index in [0.717, 1.165) is 0 Å². The Morgan fingerprint density at radius 3 is 2.33 bits per heavy atom. The van der Waals surface area contributed by atoms with E-state index in [1.807, 2.05) is 0 Å². The molecule has 0 heterocycles. The summed E-state index contributed by atoms with van der Waals surface area (Å²) < 4.78 is 0. The van der Waals surface area contributed by atoms with Crippen LogP contribution in [0.3, 0.4) is 0 Å². The van der Waals surface area contributed by atoms with E-state index in [1.54, 1.807) is 18.2 Å². The Morgan fingerprint density at radius 1 is 1.22 bits per heavy atom. The maximum Gasteiger partial charge on any atom is 0.0655 e. The first-order valence-corrected chi connectivity index (χ1v) is 2.88. The van der Waals surface area contributed by atoms with Crippen molar-refractivity contribution in [2.75, 3.05) is 11.5 Å². The maximum atomic E-state index is 5.61. The fraction of sp³-hybridized carbons (Fsp3) is 0. The van der Waals surface area contributed by atoms with Gasteiger partial charge in [-0.2, -0.15) is 0 Å². The number of rotatable bonds is 0. The largest absolute Gasteiger partial charge is 0.399 e. The molecule has 0 saturated heterocycles. The fourth-order valence-electron chi connectivity index (χ4n) is 0.543. The quantitative estimate of drug-likeness (QED) is 0.540. The normalized spacial score (nSPS) is 9.44. The van der Waals surface area contributed by atoms with Gasteiger partial charge in [0.2, 0.25) is 0 Å². The Morgan fingerprint density at radius 2 is 1.89 bits per heavy atom. The van der Waals surface area contributed by atoms with Crippen LogP contribution >= 0.6 is 11.6 Å². The number of benzene rings is 1. The zero-order valence-corrected chi connectivity index (χ0v) is 5.52. The molecular weight excluding hydrogens is 136 g/mol. The summed E-state index contributed by atoms with van der Waals surface area (Å²) in [6.45, 7) is 0. The van der Waals surface area contributed by atoms with Gasteiger partial charge in [0.15, 0.2) is 0 Å². The molecule has 0 saturated carbocycles. The van der Waals surface area contributed by atoms with Crippen molar-refractivity contribution in [3.05, 3.63) is 23.2 Å². The molecular formula is C6H7ClN2. The summed E-state index contributed by atoms with van der Waals surface area (Å²) in [5.74, 6) is 0. The van der Waals surface area contributed by atoms with E-state index in [-0.39, 0.29) is 0 Å². The second-order valence-electron chi connectivity index (χ2n) is 1.78. The Kier molecular flexibility index (Phi) is 1.49. The highest BCUT2D eigenvalue weighted by atomic mass is 35.5. The number of nitrogens with two attached hydrogens (primary N) is 2. The van der Waals surface area contributed by atoms with Gasteiger partial charge in [-0.05, 0) is 18.2 Å². The second-order valence-corrected chi connectivity index (χ2v) is 2.19. The van der Waals surface area contributed by atoms with E-state index in [4.69, 9.17) is 23.1 Å². The predicted molar refractivity (Wildman–Crippen MR) is 40.3 cm³/mol. The fourth-order valence-corrected chi connectivity index (χ4v) is 0.732. The van der Waals surface area contributed by atoms with Crippen molar-refractivity contribution in [2.24, 2.45) is 0 Å². The lowest BCUT2D eigenvalue weighted by molar-refractivity contribution is 1.66. The van der Waals surface area contributed by atoms with Crippen molar-refractivity contribution in [3.63, 3.8) is 0 Å². The van der Waals surface area contributed by atoms with Crippen molar-refractivity contribution in [3.8, 4) is 0 Å². The molecule has 0 unspecified atom stereocenters. The molecule has 1 aromatic carbocycles. The van der Waals surface area contributed by atoms with Crippen LogP contribution in [0.2, 0.25) is 5.02 Å². The van der Waals surface area contributed by atoms with Crippen LogP contribution in [0.25, 0.3) is 0 Å². The van der Waals surface area contributed by atoms with Gasteiger partial charge in [-0.25, -0.2) is 0 Å². The van der Waals surface area contributed by atoms with Gasteiger partial charge >= 0.3 is 0 Å². The SMILES string of the molecule is Nc1ccc(N)c(Cl)c1. The van der Waals surface area contributed by atoms with Crippen molar-refractivity contribution in [1.82, 2.24) is 0 Å². The monoisotopic (exact) mass is 142 g/mol. The van der Waals surface area contributed by atoms with Gasteiger partial charge in [0, 0.05) is 5.69 Å². The molecule has 9 heavy (non-hydrogen) atoms. The summed E-state index contributed by atoms with van der Waals surface area (Å²) >= 11 is 5.61. The van der Waals surface area contributed by atoms with Crippen LogP contribution < -0.4 is 11.5 Å². The van der Waals surface area contributed by atoms with Crippen molar-refractivity contribution < 1.29 is 0 Å². The molecule has 1 rings (SSSR count). The van der Waals surface area contributed by atoms with E-state index in [2.05, 4.69) is 0 Å². The van der Waals surface area contributed by atoms with Crippen LogP contribution in [0.5, 0.6) is 0 Å². The molecule has 0 amide bonds. The minimum atomic E-state index is 0.509. The third kappa shape index (κ3) is 1.27. The van der Waals surface area contributed by atoms with E-state index >= 15 is 0 Å². The van der Waals surface area contributed by atoms with Crippen LogP contribution in [0, 0.1) is 0 Å². The molecule has 0 aliphatic rings. The third-order valence-corrected chi connectivity index (χ3v) is 1.35. The third-order valence-electron chi connectivity index (χ3n) is 1.02. The van der Waals surface area contributed by atoms with E-state index in [9.17, 15) is 0 Å². The van der Waals surface area contributed by atoms with Crippen LogP contribution in [0.15, 0.2) is 18.2 Å². The maximum absolute atomic E-state index is 5.61. The Balaban J connectivity index is 3.17. The molecule has 0 aliphatic heterocycles. The van der Waals surface area contributed by atoms with Crippen LogP contribution in [-0.4, -0.2) is 0 Å². The molecule has 3 heteroatoms. The predicted octanol–water partition coefficient (Wildman–Crippen LogP) is 1.50. The minimum Gasteiger partial charge on any atom is -0.399 e. The summed E-state index contributed by atoms with van der Waals surface area (Å²) in [6.07, 6.45) is 0. The molecule has 0 spiro atoms. The number of halogens is 1. The number of hydrogen-bond donors (Lipinski definition) is 2. The molecule has 0 fully saturated rings. The van der Waals surface area contributed by atoms with Crippen molar-refractivity contribution in [1.29, 1.82) is 0 Å². The molecule has 4 N–H and O–H groups in total. The van der Waals surface area contributed by atoms with Gasteiger partial charge in [0.25, 0.3) is 0 Å². The summed E-state index contributed by atoms with van der Waals surface area (Å²) in [7, 11) is 0. The first-order chi connectivity index (χ1) is 4.20. The molecule has 0 atom stereocenters. The number of anilines is 2. The van der Waals surface area contributed by atoms with Crippen LogP contribution in [0.4, 0.5) is 11.4 Å². The number of hydrogen-bond acceptors (Lipinski definition) is 2. The molecule has 48 valence electrons.